The zero-order valence-electron chi connectivity index (χ0n) is 9.29. The van der Waals surface area contributed by atoms with E-state index in [1.165, 1.54) is 19.4 Å². The summed E-state index contributed by atoms with van der Waals surface area (Å²) in [4.78, 5) is 4.23. The highest BCUT2D eigenvalue weighted by molar-refractivity contribution is 9.10. The minimum atomic E-state index is 0.707. The summed E-state index contributed by atoms with van der Waals surface area (Å²) < 4.78 is 6.44. The van der Waals surface area contributed by atoms with Crippen molar-refractivity contribution in [2.45, 2.75) is 19.3 Å². The molecule has 2 rings (SSSR count). The van der Waals surface area contributed by atoms with Crippen molar-refractivity contribution in [3.8, 4) is 5.88 Å². The standard InChI is InChI=1S/C12H17BrN2O/c13-11-4-1-5-12(15-11)16-8-6-10-3-2-7-14-9-10/h1,4-5,10,14H,2-3,6-9H2/t10-/m1/s1. The maximum absolute atomic E-state index is 5.62. The maximum Gasteiger partial charge on any atom is 0.214 e. The third-order valence-corrected chi connectivity index (χ3v) is 3.31. The van der Waals surface area contributed by atoms with E-state index >= 15 is 0 Å². The van der Waals surface area contributed by atoms with Crippen LogP contribution >= 0.6 is 15.9 Å². The Morgan fingerprint density at radius 3 is 3.19 bits per heavy atom. The van der Waals surface area contributed by atoms with Gasteiger partial charge in [0.05, 0.1) is 6.61 Å². The third kappa shape index (κ3) is 3.76. The Bertz CT molecular complexity index is 327. The molecule has 4 heteroatoms. The third-order valence-electron chi connectivity index (χ3n) is 2.86. The Balaban J connectivity index is 1.71. The minimum Gasteiger partial charge on any atom is -0.478 e. The number of nitrogens with one attached hydrogen (secondary N) is 1. The predicted molar refractivity (Wildman–Crippen MR) is 67.6 cm³/mol. The van der Waals surface area contributed by atoms with E-state index in [1.54, 1.807) is 0 Å². The van der Waals surface area contributed by atoms with Crippen molar-refractivity contribution in [2.75, 3.05) is 19.7 Å². The van der Waals surface area contributed by atoms with Crippen LogP contribution in [0.4, 0.5) is 0 Å². The summed E-state index contributed by atoms with van der Waals surface area (Å²) in [6.07, 6.45) is 3.73. The molecule has 1 aliphatic rings. The van der Waals surface area contributed by atoms with Crippen molar-refractivity contribution in [2.24, 2.45) is 5.92 Å². The van der Waals surface area contributed by atoms with Crippen molar-refractivity contribution in [1.29, 1.82) is 0 Å². The number of piperidine rings is 1. The summed E-state index contributed by atoms with van der Waals surface area (Å²) in [6, 6.07) is 5.73. The zero-order valence-corrected chi connectivity index (χ0v) is 10.9. The normalized spacial score (nSPS) is 20.7. The summed E-state index contributed by atoms with van der Waals surface area (Å²) in [6.45, 7) is 3.07. The predicted octanol–water partition coefficient (Wildman–Crippen LogP) is 2.61. The number of ether oxygens (including phenoxy) is 1. The molecule has 1 atom stereocenters. The van der Waals surface area contributed by atoms with Crippen LogP contribution in [0.5, 0.6) is 5.88 Å². The lowest BCUT2D eigenvalue weighted by atomic mass is 9.97. The van der Waals surface area contributed by atoms with Crippen LogP contribution in [-0.2, 0) is 0 Å². The monoisotopic (exact) mass is 284 g/mol. The van der Waals surface area contributed by atoms with Gasteiger partial charge in [0.15, 0.2) is 0 Å². The molecule has 2 heterocycles. The smallest absolute Gasteiger partial charge is 0.214 e. The first-order valence-electron chi connectivity index (χ1n) is 5.80. The zero-order chi connectivity index (χ0) is 11.2. The van der Waals surface area contributed by atoms with Crippen molar-refractivity contribution >= 4 is 15.9 Å². The molecule has 0 bridgehead atoms. The molecule has 1 aromatic rings. The Labute approximate surface area is 105 Å². The van der Waals surface area contributed by atoms with E-state index in [0.29, 0.717) is 5.88 Å². The summed E-state index contributed by atoms with van der Waals surface area (Å²) in [7, 11) is 0. The van der Waals surface area contributed by atoms with Crippen molar-refractivity contribution < 1.29 is 4.74 Å². The van der Waals surface area contributed by atoms with E-state index < -0.39 is 0 Å². The summed E-state index contributed by atoms with van der Waals surface area (Å²) in [5.41, 5.74) is 0. The van der Waals surface area contributed by atoms with Crippen molar-refractivity contribution in [3.63, 3.8) is 0 Å². The van der Waals surface area contributed by atoms with Crippen molar-refractivity contribution in [1.82, 2.24) is 10.3 Å². The second-order valence-corrected chi connectivity index (χ2v) is 4.96. The van der Waals surface area contributed by atoms with Crippen LogP contribution in [0.25, 0.3) is 0 Å². The molecule has 0 aromatic carbocycles. The molecule has 0 amide bonds. The van der Waals surface area contributed by atoms with Gasteiger partial charge in [-0.15, -0.1) is 0 Å². The van der Waals surface area contributed by atoms with Crippen LogP contribution in [0.15, 0.2) is 22.8 Å². The molecule has 16 heavy (non-hydrogen) atoms. The quantitative estimate of drug-likeness (QED) is 0.863. The first kappa shape index (κ1) is 11.9. The molecule has 3 nitrogen and oxygen atoms in total. The maximum atomic E-state index is 5.62. The largest absolute Gasteiger partial charge is 0.478 e. The second kappa shape index (κ2) is 6.21. The van der Waals surface area contributed by atoms with E-state index in [-0.39, 0.29) is 0 Å². The van der Waals surface area contributed by atoms with Crippen LogP contribution in [-0.4, -0.2) is 24.7 Å². The summed E-state index contributed by atoms with van der Waals surface area (Å²) >= 11 is 3.33. The van der Waals surface area contributed by atoms with Gasteiger partial charge in [0.25, 0.3) is 0 Å². The van der Waals surface area contributed by atoms with E-state index in [1.807, 2.05) is 18.2 Å². The molecule has 0 spiro atoms. The topological polar surface area (TPSA) is 34.1 Å². The number of nitrogens with zero attached hydrogens (tertiary/aromatic N) is 1. The minimum absolute atomic E-state index is 0.707. The first-order valence-corrected chi connectivity index (χ1v) is 6.60. The number of halogens is 1. The Hall–Kier alpha value is -0.610. The Kier molecular flexibility index (Phi) is 4.60. The fourth-order valence-corrected chi connectivity index (χ4v) is 2.30. The van der Waals surface area contributed by atoms with Gasteiger partial charge in [0, 0.05) is 6.07 Å². The van der Waals surface area contributed by atoms with Gasteiger partial charge in [-0.2, -0.15) is 0 Å². The molecule has 0 radical (unpaired) electrons. The molecule has 0 unspecified atom stereocenters. The van der Waals surface area contributed by atoms with E-state index in [2.05, 4.69) is 26.2 Å². The lowest BCUT2D eigenvalue weighted by Crippen LogP contribution is -2.30. The van der Waals surface area contributed by atoms with Gasteiger partial charge in [-0.1, -0.05) is 6.07 Å². The first-order chi connectivity index (χ1) is 7.84. The molecule has 1 aliphatic heterocycles. The fraction of sp³-hybridized carbons (Fsp3) is 0.583. The van der Waals surface area contributed by atoms with Crippen LogP contribution in [0.3, 0.4) is 0 Å². The molecule has 0 saturated carbocycles. The Morgan fingerprint density at radius 1 is 1.50 bits per heavy atom. The van der Waals surface area contributed by atoms with Gasteiger partial charge in [-0.05, 0) is 60.3 Å². The number of pyridine rings is 1. The average Bonchev–Trinajstić information content (AvgIpc) is 2.30. The Morgan fingerprint density at radius 2 is 2.44 bits per heavy atom. The number of hydrogen-bond acceptors (Lipinski definition) is 3. The van der Waals surface area contributed by atoms with Gasteiger partial charge < -0.3 is 10.1 Å². The van der Waals surface area contributed by atoms with Crippen LogP contribution in [0, 0.1) is 5.92 Å². The number of rotatable bonds is 4. The molecule has 1 fully saturated rings. The highest BCUT2D eigenvalue weighted by Gasteiger charge is 2.12. The summed E-state index contributed by atoms with van der Waals surface area (Å²) in [5, 5.41) is 3.41. The van der Waals surface area contributed by atoms with E-state index in [0.717, 1.165) is 30.1 Å². The van der Waals surface area contributed by atoms with Crippen LogP contribution in [0.1, 0.15) is 19.3 Å². The van der Waals surface area contributed by atoms with Gasteiger partial charge in [-0.25, -0.2) is 4.98 Å². The van der Waals surface area contributed by atoms with Gasteiger partial charge >= 0.3 is 0 Å². The average molecular weight is 285 g/mol. The van der Waals surface area contributed by atoms with E-state index in [9.17, 15) is 0 Å². The van der Waals surface area contributed by atoms with Crippen LogP contribution in [0.2, 0.25) is 0 Å². The molecule has 0 aliphatic carbocycles. The molecular formula is C12H17BrN2O. The SMILES string of the molecule is Brc1cccc(OCC[C@H]2CCCNC2)n1. The number of aromatic nitrogens is 1. The summed E-state index contributed by atoms with van der Waals surface area (Å²) in [5.74, 6) is 1.47. The molecule has 1 saturated heterocycles. The lowest BCUT2D eigenvalue weighted by Gasteiger charge is -2.22. The van der Waals surface area contributed by atoms with Crippen molar-refractivity contribution in [3.05, 3.63) is 22.8 Å². The highest BCUT2D eigenvalue weighted by Crippen LogP contribution is 2.16. The van der Waals surface area contributed by atoms with Crippen LogP contribution < -0.4 is 10.1 Å². The fourth-order valence-electron chi connectivity index (χ4n) is 1.97. The van der Waals surface area contributed by atoms with Gasteiger partial charge in [0.2, 0.25) is 5.88 Å². The molecule has 1 aromatic heterocycles. The molecule has 88 valence electrons. The van der Waals surface area contributed by atoms with E-state index in [4.69, 9.17) is 4.74 Å². The number of hydrogen-bond donors (Lipinski definition) is 1. The van der Waals surface area contributed by atoms with Gasteiger partial charge in [0.1, 0.15) is 4.60 Å². The highest BCUT2D eigenvalue weighted by atomic mass is 79.9. The second-order valence-electron chi connectivity index (χ2n) is 4.15. The molecule has 1 N–H and O–H groups in total. The lowest BCUT2D eigenvalue weighted by molar-refractivity contribution is 0.247. The van der Waals surface area contributed by atoms with Gasteiger partial charge in [-0.3, -0.25) is 0 Å². The molecular weight excluding hydrogens is 268 g/mol.